The second kappa shape index (κ2) is 4.89. The Bertz CT molecular complexity index is 392. The zero-order chi connectivity index (χ0) is 11.5. The fourth-order valence-corrected chi connectivity index (χ4v) is 2.92. The van der Waals surface area contributed by atoms with E-state index >= 15 is 0 Å². The molecule has 1 aromatic carbocycles. The van der Waals surface area contributed by atoms with Gasteiger partial charge in [-0.25, -0.2) is 0 Å². The number of carbonyl (C=O) groups is 1. The Labute approximate surface area is 99.8 Å². The van der Waals surface area contributed by atoms with Crippen molar-refractivity contribution < 1.29 is 4.79 Å². The molecular weight excluding hydrogens is 220 g/mol. The van der Waals surface area contributed by atoms with E-state index in [0.29, 0.717) is 0 Å². The lowest BCUT2D eigenvalue weighted by molar-refractivity contribution is -0.122. The summed E-state index contributed by atoms with van der Waals surface area (Å²) in [5.41, 5.74) is 6.77. The summed E-state index contributed by atoms with van der Waals surface area (Å²) in [7, 11) is 0. The number of nitrogens with two attached hydrogens (primary N) is 1. The molecule has 4 heteroatoms. The van der Waals surface area contributed by atoms with Gasteiger partial charge in [0.15, 0.2) is 0 Å². The molecule has 1 heterocycles. The molecular formula is C12H16N2OS. The Morgan fingerprint density at radius 3 is 3.06 bits per heavy atom. The number of rotatable bonds is 2. The van der Waals surface area contributed by atoms with Crippen molar-refractivity contribution in [2.24, 2.45) is 5.73 Å². The molecule has 0 fully saturated rings. The SMILES string of the molecule is CC(N)C(=O)NC1CCSc2ccccc21. The summed E-state index contributed by atoms with van der Waals surface area (Å²) in [6.07, 6.45) is 0.972. The van der Waals surface area contributed by atoms with E-state index in [1.807, 2.05) is 23.9 Å². The molecule has 1 amide bonds. The van der Waals surface area contributed by atoms with Crippen LogP contribution >= 0.6 is 11.8 Å². The van der Waals surface area contributed by atoms with Crippen LogP contribution in [0.15, 0.2) is 29.2 Å². The first kappa shape index (κ1) is 11.5. The molecule has 0 saturated heterocycles. The Morgan fingerprint density at radius 2 is 2.31 bits per heavy atom. The average molecular weight is 236 g/mol. The van der Waals surface area contributed by atoms with Crippen LogP contribution in [0.4, 0.5) is 0 Å². The van der Waals surface area contributed by atoms with Crippen LogP contribution in [0, 0.1) is 0 Å². The normalized spacial score (nSPS) is 21.0. The Kier molecular flexibility index (Phi) is 3.51. The molecule has 2 rings (SSSR count). The number of carbonyl (C=O) groups excluding carboxylic acids is 1. The highest BCUT2D eigenvalue weighted by Crippen LogP contribution is 2.35. The van der Waals surface area contributed by atoms with Gasteiger partial charge >= 0.3 is 0 Å². The molecule has 0 aliphatic carbocycles. The zero-order valence-corrected chi connectivity index (χ0v) is 10.1. The lowest BCUT2D eigenvalue weighted by atomic mass is 10.0. The maximum atomic E-state index is 11.6. The maximum absolute atomic E-state index is 11.6. The van der Waals surface area contributed by atoms with Crippen molar-refractivity contribution in [3.05, 3.63) is 29.8 Å². The van der Waals surface area contributed by atoms with Gasteiger partial charge in [0.1, 0.15) is 0 Å². The van der Waals surface area contributed by atoms with Crippen LogP contribution in [0.25, 0.3) is 0 Å². The lowest BCUT2D eigenvalue weighted by Crippen LogP contribution is -2.41. The number of fused-ring (bicyclic) bond motifs is 1. The number of thioether (sulfide) groups is 1. The second-order valence-electron chi connectivity index (χ2n) is 4.02. The first-order valence-electron chi connectivity index (χ1n) is 5.46. The summed E-state index contributed by atoms with van der Waals surface area (Å²) < 4.78 is 0. The summed E-state index contributed by atoms with van der Waals surface area (Å²) >= 11 is 1.85. The number of hydrogen-bond donors (Lipinski definition) is 2. The van der Waals surface area contributed by atoms with Crippen molar-refractivity contribution in [1.82, 2.24) is 5.32 Å². The van der Waals surface area contributed by atoms with Crippen LogP contribution in [0.1, 0.15) is 24.9 Å². The third-order valence-electron chi connectivity index (χ3n) is 2.69. The molecule has 3 N–H and O–H groups in total. The molecule has 0 aromatic heterocycles. The van der Waals surface area contributed by atoms with Gasteiger partial charge in [0.2, 0.25) is 5.91 Å². The predicted octanol–water partition coefficient (Wildman–Crippen LogP) is 1.69. The Hall–Kier alpha value is -1.00. The van der Waals surface area contributed by atoms with Gasteiger partial charge in [-0.05, 0) is 25.0 Å². The largest absolute Gasteiger partial charge is 0.348 e. The van der Waals surface area contributed by atoms with Crippen molar-refractivity contribution in [2.45, 2.75) is 30.3 Å². The molecule has 16 heavy (non-hydrogen) atoms. The molecule has 0 radical (unpaired) electrons. The van der Waals surface area contributed by atoms with Crippen molar-refractivity contribution in [3.8, 4) is 0 Å². The van der Waals surface area contributed by atoms with Crippen LogP contribution in [0.3, 0.4) is 0 Å². The maximum Gasteiger partial charge on any atom is 0.237 e. The minimum absolute atomic E-state index is 0.0771. The minimum atomic E-state index is -0.443. The standard InChI is InChI=1S/C12H16N2OS/c1-8(13)12(15)14-10-6-7-16-11-5-3-2-4-9(10)11/h2-5,8,10H,6-7,13H2,1H3,(H,14,15). The van der Waals surface area contributed by atoms with Gasteiger partial charge in [-0.15, -0.1) is 11.8 Å². The third kappa shape index (κ3) is 2.39. The van der Waals surface area contributed by atoms with E-state index in [4.69, 9.17) is 5.73 Å². The van der Waals surface area contributed by atoms with Crippen LogP contribution in [0.2, 0.25) is 0 Å². The summed E-state index contributed by atoms with van der Waals surface area (Å²) in [6.45, 7) is 1.71. The van der Waals surface area contributed by atoms with E-state index in [1.165, 1.54) is 10.5 Å². The fourth-order valence-electron chi connectivity index (χ4n) is 1.80. The molecule has 0 spiro atoms. The van der Waals surface area contributed by atoms with Gasteiger partial charge in [-0.2, -0.15) is 0 Å². The van der Waals surface area contributed by atoms with Gasteiger partial charge < -0.3 is 11.1 Å². The fraction of sp³-hybridized carbons (Fsp3) is 0.417. The van der Waals surface area contributed by atoms with Crippen molar-refractivity contribution in [1.29, 1.82) is 0 Å². The van der Waals surface area contributed by atoms with E-state index in [1.54, 1.807) is 6.92 Å². The number of amides is 1. The predicted molar refractivity (Wildman–Crippen MR) is 66.3 cm³/mol. The first-order chi connectivity index (χ1) is 7.68. The topological polar surface area (TPSA) is 55.1 Å². The Morgan fingerprint density at radius 1 is 1.56 bits per heavy atom. The summed E-state index contributed by atoms with van der Waals surface area (Å²) in [5, 5.41) is 3.00. The smallest absolute Gasteiger partial charge is 0.237 e. The van der Waals surface area contributed by atoms with Gasteiger partial charge in [0.05, 0.1) is 12.1 Å². The van der Waals surface area contributed by atoms with Crippen LogP contribution in [-0.2, 0) is 4.79 Å². The van der Waals surface area contributed by atoms with Crippen LogP contribution in [0.5, 0.6) is 0 Å². The van der Waals surface area contributed by atoms with Gasteiger partial charge in [0.25, 0.3) is 0 Å². The average Bonchev–Trinajstić information content (AvgIpc) is 2.29. The van der Waals surface area contributed by atoms with E-state index in [9.17, 15) is 4.79 Å². The minimum Gasteiger partial charge on any atom is -0.348 e. The Balaban J connectivity index is 2.16. The molecule has 3 nitrogen and oxygen atoms in total. The molecule has 2 atom stereocenters. The van der Waals surface area contributed by atoms with Crippen LogP contribution < -0.4 is 11.1 Å². The quantitative estimate of drug-likeness (QED) is 0.821. The van der Waals surface area contributed by atoms with Gasteiger partial charge in [-0.1, -0.05) is 18.2 Å². The van der Waals surface area contributed by atoms with Crippen molar-refractivity contribution >= 4 is 17.7 Å². The van der Waals surface area contributed by atoms with Crippen molar-refractivity contribution in [3.63, 3.8) is 0 Å². The number of benzene rings is 1. The molecule has 0 bridgehead atoms. The van der Waals surface area contributed by atoms with Crippen molar-refractivity contribution in [2.75, 3.05) is 5.75 Å². The van der Waals surface area contributed by atoms with E-state index in [-0.39, 0.29) is 11.9 Å². The highest BCUT2D eigenvalue weighted by atomic mass is 32.2. The highest BCUT2D eigenvalue weighted by molar-refractivity contribution is 7.99. The van der Waals surface area contributed by atoms with Gasteiger partial charge in [-0.3, -0.25) is 4.79 Å². The van der Waals surface area contributed by atoms with E-state index in [0.717, 1.165) is 12.2 Å². The van der Waals surface area contributed by atoms with Gasteiger partial charge in [0, 0.05) is 10.6 Å². The second-order valence-corrected chi connectivity index (χ2v) is 5.16. The highest BCUT2D eigenvalue weighted by Gasteiger charge is 2.22. The van der Waals surface area contributed by atoms with E-state index < -0.39 is 6.04 Å². The number of nitrogens with one attached hydrogen (secondary N) is 1. The molecule has 1 aliphatic heterocycles. The monoisotopic (exact) mass is 236 g/mol. The van der Waals surface area contributed by atoms with Crippen LogP contribution in [-0.4, -0.2) is 17.7 Å². The number of hydrogen-bond acceptors (Lipinski definition) is 3. The molecule has 2 unspecified atom stereocenters. The summed E-state index contributed by atoms with van der Waals surface area (Å²) in [4.78, 5) is 12.8. The molecule has 86 valence electrons. The summed E-state index contributed by atoms with van der Waals surface area (Å²) in [5.74, 6) is 0.965. The lowest BCUT2D eigenvalue weighted by Gasteiger charge is -2.26. The first-order valence-corrected chi connectivity index (χ1v) is 6.44. The van der Waals surface area contributed by atoms with E-state index in [2.05, 4.69) is 17.4 Å². The molecule has 0 saturated carbocycles. The molecule has 1 aliphatic rings. The molecule has 1 aromatic rings. The third-order valence-corrected chi connectivity index (χ3v) is 3.81. The zero-order valence-electron chi connectivity index (χ0n) is 9.27. The summed E-state index contributed by atoms with van der Waals surface area (Å²) in [6, 6.07) is 7.90.